The molecule has 0 spiro atoms. The lowest BCUT2D eigenvalue weighted by atomic mass is 10.0. The molecular weight excluding hydrogens is 419 g/mol. The zero-order valence-electron chi connectivity index (χ0n) is 24.3. The third-order valence-corrected chi connectivity index (χ3v) is 6.23. The summed E-state index contributed by atoms with van der Waals surface area (Å²) in [6.45, 7) is 22.0. The smallest absolute Gasteiger partial charge is 0.386 e. The molecule has 34 heavy (non-hydrogen) atoms. The molecule has 3 nitrogen and oxygen atoms in total. The highest BCUT2D eigenvalue weighted by atomic mass is 16.7. The third-order valence-electron chi connectivity index (χ3n) is 6.23. The average molecular weight is 477 g/mol. The first-order valence-electron chi connectivity index (χ1n) is 13.8. The van der Waals surface area contributed by atoms with Crippen molar-refractivity contribution >= 4 is 7.32 Å². The second kappa shape index (κ2) is 21.4. The second-order valence-electron chi connectivity index (χ2n) is 11.2. The van der Waals surface area contributed by atoms with Gasteiger partial charge in [0.1, 0.15) is 0 Å². The topological polar surface area (TPSA) is 27.7 Å². The van der Waals surface area contributed by atoms with Gasteiger partial charge in [-0.3, -0.25) is 0 Å². The molecule has 4 heteroatoms. The Morgan fingerprint density at radius 3 is 1.00 bits per heavy atom. The van der Waals surface area contributed by atoms with Crippen LogP contribution in [0.25, 0.3) is 0 Å². The van der Waals surface area contributed by atoms with Gasteiger partial charge in [0.2, 0.25) is 0 Å². The van der Waals surface area contributed by atoms with E-state index in [1.54, 1.807) is 0 Å². The molecule has 0 saturated heterocycles. The van der Waals surface area contributed by atoms with Crippen LogP contribution in [0, 0.1) is 17.8 Å². The van der Waals surface area contributed by atoms with Crippen molar-refractivity contribution in [3.63, 3.8) is 0 Å². The van der Waals surface area contributed by atoms with Gasteiger partial charge in [0.25, 0.3) is 0 Å². The minimum atomic E-state index is -0.542. The molecule has 0 radical (unpaired) electrons. The predicted octanol–water partition coefficient (Wildman–Crippen LogP) is 9.34. The Bertz CT molecular complexity index is 489. The van der Waals surface area contributed by atoms with Gasteiger partial charge in [0.05, 0.1) is 0 Å². The van der Waals surface area contributed by atoms with E-state index in [9.17, 15) is 0 Å². The molecule has 0 rings (SSSR count). The van der Waals surface area contributed by atoms with Gasteiger partial charge in [-0.05, 0) is 117 Å². The lowest BCUT2D eigenvalue weighted by Gasteiger charge is -2.18. The molecule has 0 aromatic rings. The molecule has 0 aliphatic heterocycles. The van der Waals surface area contributed by atoms with Gasteiger partial charge in [0, 0.05) is 19.8 Å². The van der Waals surface area contributed by atoms with Crippen molar-refractivity contribution in [2.45, 2.75) is 120 Å². The van der Waals surface area contributed by atoms with Gasteiger partial charge >= 0.3 is 7.32 Å². The van der Waals surface area contributed by atoms with Crippen LogP contribution in [-0.4, -0.2) is 27.1 Å². The van der Waals surface area contributed by atoms with Crippen LogP contribution in [-0.2, 0) is 14.0 Å². The van der Waals surface area contributed by atoms with Crippen LogP contribution in [0.3, 0.4) is 0 Å². The molecule has 198 valence electrons. The van der Waals surface area contributed by atoms with E-state index in [0.29, 0.717) is 37.6 Å². The summed E-state index contributed by atoms with van der Waals surface area (Å²) < 4.78 is 18.2. The average Bonchev–Trinajstić information content (AvgIpc) is 2.72. The summed E-state index contributed by atoms with van der Waals surface area (Å²) in [5.74, 6) is 1.92. The minimum Gasteiger partial charge on any atom is -0.386 e. The Balaban J connectivity index is 4.42. The Kier molecular flexibility index (Phi) is 20.9. The van der Waals surface area contributed by atoms with Crippen molar-refractivity contribution in [2.24, 2.45) is 17.8 Å². The third kappa shape index (κ3) is 22.9. The summed E-state index contributed by atoms with van der Waals surface area (Å²) in [4.78, 5) is 0. The molecule has 0 aromatic carbocycles. The number of allylic oxidation sites excluding steroid dienone is 6. The van der Waals surface area contributed by atoms with Crippen molar-refractivity contribution in [3.8, 4) is 0 Å². The van der Waals surface area contributed by atoms with Crippen LogP contribution in [0.15, 0.2) is 34.9 Å². The fourth-order valence-electron chi connectivity index (χ4n) is 3.64. The predicted molar refractivity (Wildman–Crippen MR) is 151 cm³/mol. The molecule has 3 unspecified atom stereocenters. The fourth-order valence-corrected chi connectivity index (χ4v) is 3.64. The van der Waals surface area contributed by atoms with E-state index < -0.39 is 7.32 Å². The van der Waals surface area contributed by atoms with Gasteiger partial charge in [0.15, 0.2) is 0 Å². The summed E-state index contributed by atoms with van der Waals surface area (Å²) in [5, 5.41) is 0. The quantitative estimate of drug-likeness (QED) is 0.122. The van der Waals surface area contributed by atoms with E-state index in [0.717, 1.165) is 38.5 Å². The highest BCUT2D eigenvalue weighted by molar-refractivity contribution is 6.36. The molecule has 0 aromatic heterocycles. The van der Waals surface area contributed by atoms with Gasteiger partial charge in [-0.15, -0.1) is 0 Å². The van der Waals surface area contributed by atoms with Crippen molar-refractivity contribution in [2.75, 3.05) is 19.8 Å². The summed E-state index contributed by atoms with van der Waals surface area (Å²) in [6, 6.07) is 0. The molecule has 0 aliphatic rings. The monoisotopic (exact) mass is 476 g/mol. The molecular formula is C30H57BO3. The van der Waals surface area contributed by atoms with E-state index in [2.05, 4.69) is 80.5 Å². The van der Waals surface area contributed by atoms with Gasteiger partial charge in [-0.1, -0.05) is 55.7 Å². The summed E-state index contributed by atoms with van der Waals surface area (Å²) in [5.41, 5.74) is 4.20. The largest absolute Gasteiger partial charge is 0.639 e. The highest BCUT2D eigenvalue weighted by Gasteiger charge is 2.22. The minimum absolute atomic E-state index is 0.542. The van der Waals surface area contributed by atoms with Crippen LogP contribution in [0.2, 0.25) is 0 Å². The number of rotatable bonds is 21. The SMILES string of the molecule is CC(C)=CCCC(C)CCOB(OCCC(C)CCC=C(C)C)OCCC(C)CCC=C(C)C. The van der Waals surface area contributed by atoms with Crippen molar-refractivity contribution < 1.29 is 14.0 Å². The zero-order valence-corrected chi connectivity index (χ0v) is 24.3. The Labute approximate surface area is 214 Å². The van der Waals surface area contributed by atoms with Crippen LogP contribution >= 0.6 is 0 Å². The van der Waals surface area contributed by atoms with E-state index in [1.807, 2.05) is 0 Å². The number of hydrogen-bond acceptors (Lipinski definition) is 3. The molecule has 0 bridgehead atoms. The Hall–Kier alpha value is -0.835. The van der Waals surface area contributed by atoms with Gasteiger partial charge in [-0.25, -0.2) is 0 Å². The maximum absolute atomic E-state index is 6.05. The first-order valence-corrected chi connectivity index (χ1v) is 13.8. The molecule has 0 N–H and O–H groups in total. The molecule has 0 aliphatic carbocycles. The Morgan fingerprint density at radius 1 is 0.500 bits per heavy atom. The summed E-state index contributed by atoms with van der Waals surface area (Å²) >= 11 is 0. The van der Waals surface area contributed by atoms with Crippen molar-refractivity contribution in [1.82, 2.24) is 0 Å². The van der Waals surface area contributed by atoms with Gasteiger partial charge in [-0.2, -0.15) is 0 Å². The zero-order chi connectivity index (χ0) is 25.8. The Morgan fingerprint density at radius 2 is 0.765 bits per heavy atom. The highest BCUT2D eigenvalue weighted by Crippen LogP contribution is 2.16. The van der Waals surface area contributed by atoms with Gasteiger partial charge < -0.3 is 14.0 Å². The van der Waals surface area contributed by atoms with Crippen LogP contribution in [0.5, 0.6) is 0 Å². The molecule has 0 heterocycles. The van der Waals surface area contributed by atoms with Crippen molar-refractivity contribution in [3.05, 3.63) is 34.9 Å². The lowest BCUT2D eigenvalue weighted by molar-refractivity contribution is 0.0802. The normalized spacial score (nSPS) is 13.7. The van der Waals surface area contributed by atoms with Crippen LogP contribution < -0.4 is 0 Å². The number of hydrogen-bond donors (Lipinski definition) is 0. The lowest BCUT2D eigenvalue weighted by Crippen LogP contribution is -2.30. The van der Waals surface area contributed by atoms with Crippen LogP contribution in [0.1, 0.15) is 120 Å². The maximum Gasteiger partial charge on any atom is 0.639 e. The standard InChI is InChI=1S/C30H57BO3/c1-25(2)13-10-16-28(7)19-22-32-31(33-23-20-29(8)17-11-14-26(3)4)34-24-21-30(9)18-12-15-27(5)6/h13-15,28-30H,10-12,16-24H2,1-9H3. The maximum atomic E-state index is 6.05. The van der Waals surface area contributed by atoms with Crippen molar-refractivity contribution in [1.29, 1.82) is 0 Å². The second-order valence-corrected chi connectivity index (χ2v) is 11.2. The first kappa shape index (κ1) is 33.2. The molecule has 0 saturated carbocycles. The molecule has 3 atom stereocenters. The summed E-state index contributed by atoms with van der Waals surface area (Å²) in [7, 11) is -0.542. The van der Waals surface area contributed by atoms with E-state index >= 15 is 0 Å². The van der Waals surface area contributed by atoms with E-state index in [-0.39, 0.29) is 0 Å². The molecule has 0 fully saturated rings. The summed E-state index contributed by atoms with van der Waals surface area (Å²) in [6.07, 6.45) is 17.1. The molecule has 0 amide bonds. The van der Waals surface area contributed by atoms with E-state index in [4.69, 9.17) is 14.0 Å². The van der Waals surface area contributed by atoms with E-state index in [1.165, 1.54) is 36.0 Å². The van der Waals surface area contributed by atoms with Crippen LogP contribution in [0.4, 0.5) is 0 Å². The first-order chi connectivity index (χ1) is 16.1. The fraction of sp³-hybridized carbons (Fsp3) is 0.800.